The summed E-state index contributed by atoms with van der Waals surface area (Å²) < 4.78 is 40.9. The number of nitrogens with zero attached hydrogens (tertiary/aromatic N) is 3. The molecule has 2 heterocycles. The summed E-state index contributed by atoms with van der Waals surface area (Å²) in [5, 5.41) is 4.35. The van der Waals surface area contributed by atoms with Crippen LogP contribution in [0.4, 0.5) is 13.2 Å². The zero-order valence-electron chi connectivity index (χ0n) is 10.8. The van der Waals surface area contributed by atoms with E-state index < -0.39 is 11.7 Å². The zero-order chi connectivity index (χ0) is 15.2. The first-order chi connectivity index (χ1) is 9.86. The van der Waals surface area contributed by atoms with Gasteiger partial charge in [-0.25, -0.2) is 4.98 Å². The fourth-order valence-electron chi connectivity index (χ4n) is 2.12. The summed E-state index contributed by atoms with van der Waals surface area (Å²) in [5.41, 5.74) is 0.239. The van der Waals surface area contributed by atoms with Crippen LogP contribution in [0.3, 0.4) is 0 Å². The van der Waals surface area contributed by atoms with E-state index in [1.807, 2.05) is 0 Å². The number of rotatable bonds is 1. The topological polar surface area (TPSA) is 30.7 Å². The molecule has 3 nitrogen and oxygen atoms in total. The molecule has 0 atom stereocenters. The molecular weight excluding hydrogens is 303 g/mol. The summed E-state index contributed by atoms with van der Waals surface area (Å²) in [5.74, 6) is 0. The zero-order valence-corrected chi connectivity index (χ0v) is 11.6. The third-order valence-corrected chi connectivity index (χ3v) is 3.40. The number of fused-ring (bicyclic) bond motifs is 1. The first-order valence-electron chi connectivity index (χ1n) is 6.02. The second kappa shape index (κ2) is 4.73. The van der Waals surface area contributed by atoms with Gasteiger partial charge < -0.3 is 0 Å². The minimum Gasteiger partial charge on any atom is -0.250 e. The van der Waals surface area contributed by atoms with Crippen molar-refractivity contribution in [1.82, 2.24) is 14.8 Å². The summed E-state index contributed by atoms with van der Waals surface area (Å²) in [6.45, 7) is 0. The maximum atomic E-state index is 13.2. The highest BCUT2D eigenvalue weighted by molar-refractivity contribution is 6.30. The Morgan fingerprint density at radius 3 is 2.43 bits per heavy atom. The molecule has 3 aromatic rings. The van der Waals surface area contributed by atoms with Crippen molar-refractivity contribution < 1.29 is 13.2 Å². The van der Waals surface area contributed by atoms with Crippen molar-refractivity contribution in [1.29, 1.82) is 0 Å². The highest BCUT2D eigenvalue weighted by Crippen LogP contribution is 2.36. The lowest BCUT2D eigenvalue weighted by molar-refractivity contribution is -0.136. The van der Waals surface area contributed by atoms with Crippen LogP contribution in [-0.2, 0) is 13.2 Å². The van der Waals surface area contributed by atoms with Crippen LogP contribution in [-0.4, -0.2) is 14.8 Å². The molecule has 7 heteroatoms. The number of hydrogen-bond acceptors (Lipinski definition) is 2. The summed E-state index contributed by atoms with van der Waals surface area (Å²) in [6, 6.07) is 7.52. The fraction of sp³-hybridized carbons (Fsp3) is 0.143. The number of aromatic nitrogens is 3. The number of benzene rings is 1. The van der Waals surface area contributed by atoms with Gasteiger partial charge in [-0.05, 0) is 18.2 Å². The third kappa shape index (κ3) is 2.47. The van der Waals surface area contributed by atoms with Crippen molar-refractivity contribution in [2.75, 3.05) is 0 Å². The van der Waals surface area contributed by atoms with Crippen molar-refractivity contribution in [2.45, 2.75) is 6.18 Å². The molecule has 3 rings (SSSR count). The molecule has 0 amide bonds. The van der Waals surface area contributed by atoms with Crippen molar-refractivity contribution in [2.24, 2.45) is 7.05 Å². The van der Waals surface area contributed by atoms with Crippen LogP contribution in [0, 0.1) is 0 Å². The Kier molecular flexibility index (Phi) is 3.13. The van der Waals surface area contributed by atoms with Gasteiger partial charge >= 0.3 is 6.18 Å². The Labute approximate surface area is 123 Å². The first-order valence-corrected chi connectivity index (χ1v) is 6.40. The maximum absolute atomic E-state index is 13.2. The molecule has 1 aromatic carbocycles. The van der Waals surface area contributed by atoms with Crippen LogP contribution in [0.15, 0.2) is 36.5 Å². The molecule has 0 aliphatic heterocycles. The van der Waals surface area contributed by atoms with Crippen LogP contribution in [0.1, 0.15) is 5.56 Å². The van der Waals surface area contributed by atoms with E-state index in [1.165, 1.54) is 10.9 Å². The van der Waals surface area contributed by atoms with Gasteiger partial charge in [-0.15, -0.1) is 0 Å². The van der Waals surface area contributed by atoms with Gasteiger partial charge in [0.25, 0.3) is 0 Å². The van der Waals surface area contributed by atoms with Gasteiger partial charge in [0.15, 0.2) is 5.65 Å². The molecule has 0 unspecified atom stereocenters. The van der Waals surface area contributed by atoms with Crippen LogP contribution < -0.4 is 0 Å². The normalized spacial score (nSPS) is 12.0. The summed E-state index contributed by atoms with van der Waals surface area (Å²) in [7, 11) is 1.56. The van der Waals surface area contributed by atoms with Crippen LogP contribution >= 0.6 is 11.6 Å². The molecule has 0 bridgehead atoms. The van der Waals surface area contributed by atoms with E-state index in [0.29, 0.717) is 10.6 Å². The van der Waals surface area contributed by atoms with E-state index in [4.69, 9.17) is 11.6 Å². The molecule has 0 spiro atoms. The second-order valence-electron chi connectivity index (χ2n) is 4.57. The predicted molar refractivity (Wildman–Crippen MR) is 74.0 cm³/mol. The minimum absolute atomic E-state index is 0.0114. The molecule has 0 N–H and O–H groups in total. The first kappa shape index (κ1) is 13.9. The molecule has 0 saturated heterocycles. The lowest BCUT2D eigenvalue weighted by Crippen LogP contribution is -2.07. The van der Waals surface area contributed by atoms with Gasteiger partial charge in [-0.3, -0.25) is 4.68 Å². The largest absolute Gasteiger partial charge is 0.417 e. The van der Waals surface area contributed by atoms with Gasteiger partial charge in [0.2, 0.25) is 0 Å². The molecule has 21 heavy (non-hydrogen) atoms. The van der Waals surface area contributed by atoms with E-state index in [9.17, 15) is 13.2 Å². The standard InChI is InChI=1S/C14H9ClF3N3/c1-21-13-10(7-19-21)11(14(16,17)18)6-12(20-13)8-2-4-9(15)5-3-8/h2-7H,1H3. The Balaban J connectivity index is 2.29. The average molecular weight is 312 g/mol. The van der Waals surface area contributed by atoms with Gasteiger partial charge in [-0.2, -0.15) is 18.3 Å². The van der Waals surface area contributed by atoms with E-state index in [2.05, 4.69) is 10.1 Å². The molecule has 2 aromatic heterocycles. The maximum Gasteiger partial charge on any atom is 0.417 e. The SMILES string of the molecule is Cn1ncc2c(C(F)(F)F)cc(-c3ccc(Cl)cc3)nc21. The number of pyridine rings is 1. The third-order valence-electron chi connectivity index (χ3n) is 3.15. The highest BCUT2D eigenvalue weighted by atomic mass is 35.5. The minimum atomic E-state index is -4.47. The quantitative estimate of drug-likeness (QED) is 0.670. The smallest absolute Gasteiger partial charge is 0.250 e. The lowest BCUT2D eigenvalue weighted by Gasteiger charge is -2.10. The average Bonchev–Trinajstić information content (AvgIpc) is 2.79. The summed E-state index contributed by atoms with van der Waals surface area (Å²) >= 11 is 5.79. The van der Waals surface area contributed by atoms with Gasteiger partial charge in [-0.1, -0.05) is 23.7 Å². The Morgan fingerprint density at radius 1 is 1.14 bits per heavy atom. The van der Waals surface area contributed by atoms with Crippen molar-refractivity contribution in [3.63, 3.8) is 0 Å². The number of aryl methyl sites for hydroxylation is 1. The van der Waals surface area contributed by atoms with Crippen molar-refractivity contribution in [3.8, 4) is 11.3 Å². The van der Waals surface area contributed by atoms with Crippen molar-refractivity contribution >= 4 is 22.6 Å². The predicted octanol–water partition coefficient (Wildman–Crippen LogP) is 4.31. The molecule has 0 aliphatic rings. The fourth-order valence-corrected chi connectivity index (χ4v) is 2.24. The van der Waals surface area contributed by atoms with Crippen LogP contribution in [0.2, 0.25) is 5.02 Å². The molecule has 0 fully saturated rings. The van der Waals surface area contributed by atoms with E-state index in [-0.39, 0.29) is 16.7 Å². The molecule has 0 saturated carbocycles. The highest BCUT2D eigenvalue weighted by Gasteiger charge is 2.34. The number of halogens is 4. The molecular formula is C14H9ClF3N3. The molecule has 108 valence electrons. The van der Waals surface area contributed by atoms with E-state index in [1.54, 1.807) is 31.3 Å². The summed E-state index contributed by atoms with van der Waals surface area (Å²) in [6.07, 6.45) is -3.29. The lowest BCUT2D eigenvalue weighted by atomic mass is 10.1. The Hall–Kier alpha value is -2.08. The second-order valence-corrected chi connectivity index (χ2v) is 5.00. The van der Waals surface area contributed by atoms with Gasteiger partial charge in [0.05, 0.1) is 22.8 Å². The van der Waals surface area contributed by atoms with E-state index >= 15 is 0 Å². The number of hydrogen-bond donors (Lipinski definition) is 0. The van der Waals surface area contributed by atoms with Gasteiger partial charge in [0, 0.05) is 17.6 Å². The van der Waals surface area contributed by atoms with Gasteiger partial charge in [0.1, 0.15) is 0 Å². The number of alkyl halides is 3. The van der Waals surface area contributed by atoms with Crippen LogP contribution in [0.25, 0.3) is 22.3 Å². The molecule has 0 radical (unpaired) electrons. The van der Waals surface area contributed by atoms with Crippen LogP contribution in [0.5, 0.6) is 0 Å². The molecule has 0 aliphatic carbocycles. The monoisotopic (exact) mass is 311 g/mol. The summed E-state index contributed by atoms with van der Waals surface area (Å²) in [4.78, 5) is 4.27. The Bertz CT molecular complexity index is 807. The van der Waals surface area contributed by atoms with E-state index in [0.717, 1.165) is 6.07 Å². The van der Waals surface area contributed by atoms with Crippen molar-refractivity contribution in [3.05, 3.63) is 47.1 Å². The Morgan fingerprint density at radius 2 is 1.81 bits per heavy atom.